The molecule has 100 valence electrons. The van der Waals surface area contributed by atoms with Crippen molar-refractivity contribution in [3.63, 3.8) is 0 Å². The molecule has 0 aliphatic rings. The topological polar surface area (TPSA) is 38.7 Å². The van der Waals surface area contributed by atoms with Gasteiger partial charge in [-0.05, 0) is 43.7 Å². The van der Waals surface area contributed by atoms with E-state index in [1.165, 1.54) is 0 Å². The Morgan fingerprint density at radius 3 is 2.21 bits per heavy atom. The molecule has 1 N–H and O–H groups in total. The van der Waals surface area contributed by atoms with Gasteiger partial charge in [0.2, 0.25) is 0 Å². The molecule has 0 aromatic heterocycles. The maximum Gasteiger partial charge on any atom is 0.169 e. The van der Waals surface area contributed by atoms with Gasteiger partial charge in [0.15, 0.2) is 11.5 Å². The average Bonchev–Trinajstić information content (AvgIpc) is 2.42. The van der Waals surface area contributed by atoms with Crippen LogP contribution in [-0.4, -0.2) is 11.7 Å². The standard InChI is InChI=1S/C16H18O3/c1-3-18-15-6-4-5-7-16(15)19-14-10-8-13(9-11-14)12(2)17/h4-12,17H,3H2,1-2H3/t12-/m1/s1. The van der Waals surface area contributed by atoms with Crippen molar-refractivity contribution < 1.29 is 14.6 Å². The Balaban J connectivity index is 2.16. The summed E-state index contributed by atoms with van der Waals surface area (Å²) in [5, 5.41) is 9.46. The molecule has 0 saturated heterocycles. The molecule has 0 bridgehead atoms. The number of hydrogen-bond donors (Lipinski definition) is 1. The van der Waals surface area contributed by atoms with Crippen molar-refractivity contribution in [1.82, 2.24) is 0 Å². The number of rotatable bonds is 5. The smallest absolute Gasteiger partial charge is 0.169 e. The van der Waals surface area contributed by atoms with Gasteiger partial charge in [-0.3, -0.25) is 0 Å². The Hall–Kier alpha value is -2.00. The van der Waals surface area contributed by atoms with E-state index in [0.717, 1.165) is 17.1 Å². The largest absolute Gasteiger partial charge is 0.490 e. The molecule has 2 aromatic rings. The number of hydrogen-bond acceptors (Lipinski definition) is 3. The molecule has 19 heavy (non-hydrogen) atoms. The van der Waals surface area contributed by atoms with E-state index < -0.39 is 6.10 Å². The van der Waals surface area contributed by atoms with E-state index in [4.69, 9.17) is 9.47 Å². The zero-order chi connectivity index (χ0) is 13.7. The predicted octanol–water partition coefficient (Wildman–Crippen LogP) is 3.93. The summed E-state index contributed by atoms with van der Waals surface area (Å²) in [6.07, 6.45) is -0.468. The van der Waals surface area contributed by atoms with Crippen molar-refractivity contribution in [2.24, 2.45) is 0 Å². The van der Waals surface area contributed by atoms with E-state index in [9.17, 15) is 5.11 Å². The lowest BCUT2D eigenvalue weighted by Crippen LogP contribution is -1.95. The molecule has 2 aromatic carbocycles. The molecule has 0 aliphatic heterocycles. The van der Waals surface area contributed by atoms with Crippen molar-refractivity contribution in [1.29, 1.82) is 0 Å². The average molecular weight is 258 g/mol. The van der Waals surface area contributed by atoms with Gasteiger partial charge in [0.05, 0.1) is 12.7 Å². The molecular formula is C16H18O3. The minimum atomic E-state index is -0.468. The first-order chi connectivity index (χ1) is 9.20. The first-order valence-electron chi connectivity index (χ1n) is 6.38. The van der Waals surface area contributed by atoms with Gasteiger partial charge < -0.3 is 14.6 Å². The summed E-state index contributed by atoms with van der Waals surface area (Å²) in [6.45, 7) is 4.27. The third-order valence-electron chi connectivity index (χ3n) is 2.74. The van der Waals surface area contributed by atoms with Crippen molar-refractivity contribution in [2.45, 2.75) is 20.0 Å². The SMILES string of the molecule is CCOc1ccccc1Oc1ccc([C@@H](C)O)cc1. The van der Waals surface area contributed by atoms with Crippen LogP contribution in [0.2, 0.25) is 0 Å². The van der Waals surface area contributed by atoms with Crippen LogP contribution in [0.15, 0.2) is 48.5 Å². The van der Waals surface area contributed by atoms with Crippen molar-refractivity contribution in [3.05, 3.63) is 54.1 Å². The van der Waals surface area contributed by atoms with Gasteiger partial charge in [-0.2, -0.15) is 0 Å². The Morgan fingerprint density at radius 2 is 1.63 bits per heavy atom. The van der Waals surface area contributed by atoms with E-state index >= 15 is 0 Å². The Morgan fingerprint density at radius 1 is 1.00 bits per heavy atom. The minimum Gasteiger partial charge on any atom is -0.490 e. The monoisotopic (exact) mass is 258 g/mol. The number of aliphatic hydroxyl groups is 1. The fourth-order valence-corrected chi connectivity index (χ4v) is 1.75. The van der Waals surface area contributed by atoms with E-state index in [2.05, 4.69) is 0 Å². The predicted molar refractivity (Wildman–Crippen MR) is 74.8 cm³/mol. The summed E-state index contributed by atoms with van der Waals surface area (Å²) in [4.78, 5) is 0. The Kier molecular flexibility index (Phi) is 4.42. The molecule has 0 unspecified atom stereocenters. The van der Waals surface area contributed by atoms with Gasteiger partial charge >= 0.3 is 0 Å². The van der Waals surface area contributed by atoms with E-state index in [-0.39, 0.29) is 0 Å². The fraction of sp³-hybridized carbons (Fsp3) is 0.250. The number of aliphatic hydroxyl groups excluding tert-OH is 1. The van der Waals surface area contributed by atoms with Gasteiger partial charge in [-0.25, -0.2) is 0 Å². The summed E-state index contributed by atoms with van der Waals surface area (Å²) >= 11 is 0. The molecule has 3 heteroatoms. The van der Waals surface area contributed by atoms with Gasteiger partial charge in [-0.1, -0.05) is 24.3 Å². The van der Waals surface area contributed by atoms with Crippen LogP contribution < -0.4 is 9.47 Å². The van der Waals surface area contributed by atoms with Gasteiger partial charge in [0, 0.05) is 0 Å². The second-order valence-corrected chi connectivity index (χ2v) is 4.23. The molecule has 2 rings (SSSR count). The number of ether oxygens (including phenoxy) is 2. The highest BCUT2D eigenvalue weighted by atomic mass is 16.5. The van der Waals surface area contributed by atoms with E-state index in [1.807, 2.05) is 55.5 Å². The highest BCUT2D eigenvalue weighted by Gasteiger charge is 2.06. The lowest BCUT2D eigenvalue weighted by Gasteiger charge is -2.12. The normalized spacial score (nSPS) is 11.9. The van der Waals surface area contributed by atoms with Gasteiger partial charge in [-0.15, -0.1) is 0 Å². The molecule has 0 saturated carbocycles. The summed E-state index contributed by atoms with van der Waals surface area (Å²) in [5.74, 6) is 2.13. The van der Waals surface area contributed by atoms with Gasteiger partial charge in [0.1, 0.15) is 5.75 Å². The maximum atomic E-state index is 9.46. The molecule has 1 atom stereocenters. The minimum absolute atomic E-state index is 0.468. The van der Waals surface area contributed by atoms with Crippen molar-refractivity contribution in [2.75, 3.05) is 6.61 Å². The second-order valence-electron chi connectivity index (χ2n) is 4.23. The summed E-state index contributed by atoms with van der Waals surface area (Å²) in [7, 11) is 0. The first kappa shape index (κ1) is 13.4. The van der Waals surface area contributed by atoms with Crippen LogP contribution >= 0.6 is 0 Å². The zero-order valence-corrected chi connectivity index (χ0v) is 11.2. The molecule has 0 amide bonds. The lowest BCUT2D eigenvalue weighted by atomic mass is 10.1. The second kappa shape index (κ2) is 6.25. The Labute approximate surface area is 113 Å². The lowest BCUT2D eigenvalue weighted by molar-refractivity contribution is 0.199. The highest BCUT2D eigenvalue weighted by Crippen LogP contribution is 2.31. The van der Waals surface area contributed by atoms with Crippen LogP contribution in [0.3, 0.4) is 0 Å². The van der Waals surface area contributed by atoms with Crippen molar-refractivity contribution in [3.8, 4) is 17.2 Å². The third-order valence-corrected chi connectivity index (χ3v) is 2.74. The molecule has 0 spiro atoms. The molecule has 3 nitrogen and oxygen atoms in total. The number of benzene rings is 2. The summed E-state index contributed by atoms with van der Waals surface area (Å²) in [5.41, 5.74) is 0.866. The molecule has 0 fully saturated rings. The molecule has 0 heterocycles. The van der Waals surface area contributed by atoms with Crippen molar-refractivity contribution >= 4 is 0 Å². The maximum absolute atomic E-state index is 9.46. The first-order valence-corrected chi connectivity index (χ1v) is 6.38. The van der Waals surface area contributed by atoms with E-state index in [0.29, 0.717) is 12.4 Å². The van der Waals surface area contributed by atoms with Crippen LogP contribution in [-0.2, 0) is 0 Å². The van der Waals surface area contributed by atoms with Crippen LogP contribution in [0.1, 0.15) is 25.5 Å². The van der Waals surface area contributed by atoms with Crippen LogP contribution in [0.25, 0.3) is 0 Å². The molecule has 0 radical (unpaired) electrons. The number of para-hydroxylation sites is 2. The van der Waals surface area contributed by atoms with E-state index in [1.54, 1.807) is 6.92 Å². The quantitative estimate of drug-likeness (QED) is 0.883. The third kappa shape index (κ3) is 3.48. The van der Waals surface area contributed by atoms with Crippen LogP contribution in [0, 0.1) is 0 Å². The van der Waals surface area contributed by atoms with Crippen LogP contribution in [0.5, 0.6) is 17.2 Å². The Bertz CT molecular complexity index is 518. The zero-order valence-electron chi connectivity index (χ0n) is 11.2. The summed E-state index contributed by atoms with van der Waals surface area (Å²) < 4.78 is 11.3. The fourth-order valence-electron chi connectivity index (χ4n) is 1.75. The molecular weight excluding hydrogens is 240 g/mol. The van der Waals surface area contributed by atoms with Crippen LogP contribution in [0.4, 0.5) is 0 Å². The molecule has 0 aliphatic carbocycles. The van der Waals surface area contributed by atoms with Gasteiger partial charge in [0.25, 0.3) is 0 Å². The highest BCUT2D eigenvalue weighted by molar-refractivity contribution is 5.43. The summed E-state index contributed by atoms with van der Waals surface area (Å²) in [6, 6.07) is 14.9.